The van der Waals surface area contributed by atoms with Crippen molar-refractivity contribution < 1.29 is 23.9 Å². The average Bonchev–Trinajstić information content (AvgIpc) is 3.87. The number of carbonyl (C=O) groups excluding carboxylic acids is 4. The van der Waals surface area contributed by atoms with E-state index >= 15 is 0 Å². The normalized spacial score (nSPS) is 14.4. The molecule has 1 fully saturated rings. The van der Waals surface area contributed by atoms with Gasteiger partial charge in [0.25, 0.3) is 22.9 Å². The van der Waals surface area contributed by atoms with E-state index in [1.807, 2.05) is 32.4 Å². The van der Waals surface area contributed by atoms with Crippen molar-refractivity contribution in [1.29, 1.82) is 0 Å². The van der Waals surface area contributed by atoms with Gasteiger partial charge in [-0.3, -0.25) is 37.9 Å². The Kier molecular flexibility index (Phi) is 12.1. The molecular weight excluding hydrogens is 914 g/mol. The summed E-state index contributed by atoms with van der Waals surface area (Å²) in [6.45, 7) is 7.30. The molecule has 0 aliphatic carbocycles. The molecule has 0 radical (unpaired) electrons. The van der Waals surface area contributed by atoms with Crippen LogP contribution in [-0.4, -0.2) is 86.4 Å². The highest BCUT2D eigenvalue weighted by molar-refractivity contribution is 6.30. The lowest BCUT2D eigenvalue weighted by Gasteiger charge is -2.54. The van der Waals surface area contributed by atoms with Gasteiger partial charge in [-0.1, -0.05) is 61.3 Å². The highest BCUT2D eigenvalue weighted by Crippen LogP contribution is 2.39. The second-order valence-corrected chi connectivity index (χ2v) is 18.3. The van der Waals surface area contributed by atoms with E-state index in [-0.39, 0.29) is 54.4 Å². The molecule has 3 amide bonds. The number of aromatic amines is 1. The third kappa shape index (κ3) is 8.56. The Bertz CT molecular complexity index is 3490. The van der Waals surface area contributed by atoms with Gasteiger partial charge in [0.15, 0.2) is 0 Å². The molecule has 3 N–H and O–H groups in total. The first kappa shape index (κ1) is 45.7. The summed E-state index contributed by atoms with van der Waals surface area (Å²) >= 11 is 12.1. The summed E-state index contributed by atoms with van der Waals surface area (Å²) in [6, 6.07) is 16.3. The van der Waals surface area contributed by atoms with Crippen molar-refractivity contribution in [2.45, 2.75) is 66.3 Å². The van der Waals surface area contributed by atoms with E-state index in [0.29, 0.717) is 61.1 Å². The van der Waals surface area contributed by atoms with Crippen molar-refractivity contribution in [3.63, 3.8) is 0 Å². The average molecular weight is 959 g/mol. The molecule has 0 saturated carbocycles. The number of amides is 3. The molecule has 68 heavy (non-hydrogen) atoms. The highest BCUT2D eigenvalue weighted by atomic mass is 35.5. The van der Waals surface area contributed by atoms with E-state index in [1.165, 1.54) is 22.9 Å². The number of benzene rings is 2. The van der Waals surface area contributed by atoms with Crippen molar-refractivity contribution in [1.82, 2.24) is 54.2 Å². The van der Waals surface area contributed by atoms with E-state index < -0.39 is 53.4 Å². The standard InChI is InChI=1S/C48H45Cl2N11O7/c1-6-68-39(63)23-60-42-30(15-32(47(60)67)44(64)53-18-26-7-11-28(49)12-8-26)40-34(20-51-42)56-37(57-40)17-36-48(3,4)24-61(36)38(62)22-59-43-31(41-35(21-52-43)58(5)25(2)55-41)16-33(46(59)66)45(65)54-19-27-9-13-29(50)14-10-27/h7-16,20-21,36H,6,17-19,22-24H2,1-5H3,(H,53,64)(H,54,65)(H,56,57). The SMILES string of the molecule is CCOC(=O)Cn1c(=O)c(C(=O)NCc2ccc(Cl)cc2)cc2c3nc(CC4N(C(=O)Cn5c(=O)c(C(=O)NCc6ccc(Cl)cc6)cc6c7nc(C)n(C)c7cnc65)CC4(C)C)[nH]c3cnc21. The van der Waals surface area contributed by atoms with Gasteiger partial charge in [-0.2, -0.15) is 0 Å². The van der Waals surface area contributed by atoms with Gasteiger partial charge in [-0.25, -0.2) is 19.9 Å². The van der Waals surface area contributed by atoms with E-state index in [0.717, 1.165) is 15.7 Å². The minimum absolute atomic E-state index is 0.0815. The van der Waals surface area contributed by atoms with E-state index in [4.69, 9.17) is 37.9 Å². The van der Waals surface area contributed by atoms with Crippen molar-refractivity contribution in [3.05, 3.63) is 138 Å². The molecule has 20 heteroatoms. The Balaban J connectivity index is 1.03. The smallest absolute Gasteiger partial charge is 0.326 e. The molecule has 1 aliphatic heterocycles. The highest BCUT2D eigenvalue weighted by Gasteiger charge is 2.48. The Morgan fingerprint density at radius 2 is 1.34 bits per heavy atom. The Labute approximate surface area is 397 Å². The predicted molar refractivity (Wildman–Crippen MR) is 256 cm³/mol. The van der Waals surface area contributed by atoms with Gasteiger partial charge in [0.05, 0.1) is 30.0 Å². The maximum Gasteiger partial charge on any atom is 0.326 e. The lowest BCUT2D eigenvalue weighted by atomic mass is 9.73. The van der Waals surface area contributed by atoms with Gasteiger partial charge < -0.3 is 29.8 Å². The van der Waals surface area contributed by atoms with Crippen LogP contribution < -0.4 is 21.8 Å². The Hall–Kier alpha value is -7.44. The minimum Gasteiger partial charge on any atom is -0.465 e. The molecule has 8 aromatic rings. The number of hydrogen-bond donors (Lipinski definition) is 3. The van der Waals surface area contributed by atoms with Crippen LogP contribution in [-0.2, 0) is 54.0 Å². The van der Waals surface area contributed by atoms with E-state index in [2.05, 4.69) is 25.6 Å². The monoisotopic (exact) mass is 957 g/mol. The number of aromatic nitrogens is 8. The van der Waals surface area contributed by atoms with Crippen LogP contribution in [0.3, 0.4) is 0 Å². The maximum absolute atomic E-state index is 14.5. The summed E-state index contributed by atoms with van der Waals surface area (Å²) < 4.78 is 9.36. The summed E-state index contributed by atoms with van der Waals surface area (Å²) in [5, 5.41) is 7.46. The molecular formula is C48H45Cl2N11O7. The number of ether oxygens (including phenoxy) is 1. The number of likely N-dealkylation sites (tertiary alicyclic amines) is 1. The van der Waals surface area contributed by atoms with Crippen LogP contribution in [0, 0.1) is 12.3 Å². The molecule has 0 bridgehead atoms. The maximum atomic E-state index is 14.5. The predicted octanol–water partition coefficient (Wildman–Crippen LogP) is 5.39. The van der Waals surface area contributed by atoms with Gasteiger partial charge >= 0.3 is 5.97 Å². The molecule has 6 aromatic heterocycles. The quantitative estimate of drug-likeness (QED) is 0.124. The van der Waals surface area contributed by atoms with Gasteiger partial charge in [0, 0.05) is 65.4 Å². The summed E-state index contributed by atoms with van der Waals surface area (Å²) in [5.74, 6) is -1.19. The number of nitrogens with one attached hydrogen (secondary N) is 3. The van der Waals surface area contributed by atoms with E-state index in [9.17, 15) is 28.8 Å². The summed E-state index contributed by atoms with van der Waals surface area (Å²) in [5.41, 5.74) is 1.72. The lowest BCUT2D eigenvalue weighted by Crippen LogP contribution is -2.65. The third-order valence-electron chi connectivity index (χ3n) is 12.5. The molecule has 2 aromatic carbocycles. The largest absolute Gasteiger partial charge is 0.465 e. The Morgan fingerprint density at radius 3 is 1.90 bits per heavy atom. The summed E-state index contributed by atoms with van der Waals surface area (Å²) in [7, 11) is 1.84. The molecule has 7 heterocycles. The minimum atomic E-state index is -0.738. The van der Waals surface area contributed by atoms with Crippen molar-refractivity contribution in [3.8, 4) is 0 Å². The number of aryl methyl sites for hydroxylation is 2. The van der Waals surface area contributed by atoms with Crippen LogP contribution in [0.25, 0.3) is 44.1 Å². The van der Waals surface area contributed by atoms with Crippen molar-refractivity contribution >= 4 is 91.0 Å². The van der Waals surface area contributed by atoms with Crippen LogP contribution in [0.1, 0.15) is 64.3 Å². The zero-order valence-electron chi connectivity index (χ0n) is 37.6. The van der Waals surface area contributed by atoms with Crippen LogP contribution in [0.15, 0.2) is 82.6 Å². The van der Waals surface area contributed by atoms with Gasteiger partial charge in [0.2, 0.25) is 5.91 Å². The number of hydrogen-bond acceptors (Lipinski definition) is 11. The van der Waals surface area contributed by atoms with Gasteiger partial charge in [-0.15, -0.1) is 0 Å². The molecule has 9 rings (SSSR count). The number of imidazole rings is 2. The summed E-state index contributed by atoms with van der Waals surface area (Å²) in [4.78, 5) is 107. The van der Waals surface area contributed by atoms with E-state index in [1.54, 1.807) is 66.6 Å². The first-order valence-electron chi connectivity index (χ1n) is 21.8. The zero-order chi connectivity index (χ0) is 48.2. The second-order valence-electron chi connectivity index (χ2n) is 17.4. The molecule has 348 valence electrons. The number of carbonyl (C=O) groups is 4. The number of fused-ring (bicyclic) bond motifs is 6. The molecule has 1 aliphatic rings. The van der Waals surface area contributed by atoms with Crippen LogP contribution in [0.4, 0.5) is 0 Å². The molecule has 1 unspecified atom stereocenters. The second kappa shape index (κ2) is 18.0. The molecule has 1 saturated heterocycles. The van der Waals surface area contributed by atoms with Crippen molar-refractivity contribution in [2.75, 3.05) is 13.2 Å². The lowest BCUT2D eigenvalue weighted by molar-refractivity contribution is -0.152. The number of pyridine rings is 4. The number of nitrogens with zero attached hydrogens (tertiary/aromatic N) is 8. The summed E-state index contributed by atoms with van der Waals surface area (Å²) in [6.07, 6.45) is 3.34. The van der Waals surface area contributed by atoms with Gasteiger partial charge in [-0.05, 0) is 61.4 Å². The fourth-order valence-corrected chi connectivity index (χ4v) is 8.98. The number of halogens is 2. The first-order chi connectivity index (χ1) is 32.5. The number of H-pyrrole nitrogens is 1. The molecule has 18 nitrogen and oxygen atoms in total. The fraction of sp³-hybridized carbons (Fsp3) is 0.292. The van der Waals surface area contributed by atoms with Crippen molar-refractivity contribution in [2.24, 2.45) is 12.5 Å². The molecule has 1 atom stereocenters. The van der Waals surface area contributed by atoms with Crippen LogP contribution in [0.5, 0.6) is 0 Å². The van der Waals surface area contributed by atoms with Gasteiger partial charge in [0.1, 0.15) is 58.2 Å². The topological polar surface area (TPSA) is 221 Å². The molecule has 0 spiro atoms. The fourth-order valence-electron chi connectivity index (χ4n) is 8.73. The number of esters is 1. The van der Waals surface area contributed by atoms with Crippen LogP contribution in [0.2, 0.25) is 10.0 Å². The third-order valence-corrected chi connectivity index (χ3v) is 13.0. The first-order valence-corrected chi connectivity index (χ1v) is 22.5. The Morgan fingerprint density at radius 1 is 0.794 bits per heavy atom. The zero-order valence-corrected chi connectivity index (χ0v) is 39.2. The van der Waals surface area contributed by atoms with Crippen LogP contribution >= 0.6 is 23.2 Å². The number of rotatable bonds is 13.